The highest BCUT2D eigenvalue weighted by Crippen LogP contribution is 2.19. The summed E-state index contributed by atoms with van der Waals surface area (Å²) in [6.45, 7) is 0.668. The summed E-state index contributed by atoms with van der Waals surface area (Å²) in [5.74, 6) is 0. The van der Waals surface area contributed by atoms with Gasteiger partial charge in [0.2, 0.25) is 0 Å². The summed E-state index contributed by atoms with van der Waals surface area (Å²) in [6, 6.07) is 19.8. The highest BCUT2D eigenvalue weighted by atomic mass is 14.9. The Kier molecular flexibility index (Phi) is 3.30. The van der Waals surface area contributed by atoms with Gasteiger partial charge >= 0.3 is 0 Å². The molecule has 0 amide bonds. The number of fused-ring (bicyclic) bond motifs is 1. The predicted octanol–water partition coefficient (Wildman–Crippen LogP) is 3.72. The van der Waals surface area contributed by atoms with Gasteiger partial charge in [0.15, 0.2) is 0 Å². The van der Waals surface area contributed by atoms with Crippen LogP contribution in [0.1, 0.15) is 11.1 Å². The van der Waals surface area contributed by atoms with Crippen molar-refractivity contribution in [3.8, 4) is 6.07 Å². The average molecular weight is 259 g/mol. The van der Waals surface area contributed by atoms with E-state index in [2.05, 4.69) is 22.4 Å². The summed E-state index contributed by atoms with van der Waals surface area (Å²) in [6.07, 6.45) is 1.82. The lowest BCUT2D eigenvalue weighted by Crippen LogP contribution is -2.02. The number of pyridine rings is 1. The zero-order valence-corrected chi connectivity index (χ0v) is 10.9. The predicted molar refractivity (Wildman–Crippen MR) is 80.2 cm³/mol. The lowest BCUT2D eigenvalue weighted by molar-refractivity contribution is 1.15. The number of aromatic nitrogens is 1. The maximum Gasteiger partial charge on any atom is 0.101 e. The van der Waals surface area contributed by atoms with Crippen LogP contribution in [0.25, 0.3) is 10.9 Å². The first-order chi connectivity index (χ1) is 9.88. The molecule has 20 heavy (non-hydrogen) atoms. The zero-order valence-electron chi connectivity index (χ0n) is 10.9. The first-order valence-corrected chi connectivity index (χ1v) is 6.44. The molecule has 1 heterocycles. The molecule has 0 bridgehead atoms. The lowest BCUT2D eigenvalue weighted by Gasteiger charge is -2.10. The van der Waals surface area contributed by atoms with Gasteiger partial charge in [0.05, 0.1) is 16.8 Å². The topological polar surface area (TPSA) is 48.7 Å². The Hall–Kier alpha value is -2.86. The van der Waals surface area contributed by atoms with Gasteiger partial charge in [-0.1, -0.05) is 30.3 Å². The largest absolute Gasteiger partial charge is 0.380 e. The minimum Gasteiger partial charge on any atom is -0.380 e. The average Bonchev–Trinajstić information content (AvgIpc) is 2.53. The van der Waals surface area contributed by atoms with E-state index in [9.17, 15) is 0 Å². The van der Waals surface area contributed by atoms with Gasteiger partial charge in [-0.05, 0) is 29.8 Å². The van der Waals surface area contributed by atoms with Crippen molar-refractivity contribution in [2.24, 2.45) is 0 Å². The quantitative estimate of drug-likeness (QED) is 0.779. The Morgan fingerprint density at radius 2 is 1.80 bits per heavy atom. The standard InChI is InChI=1S/C17H13N3/c18-11-13-5-1-3-7-16(13)20-12-14-9-10-19-17-8-4-2-6-15(14)17/h1-10,20H,12H2. The maximum absolute atomic E-state index is 9.09. The zero-order chi connectivity index (χ0) is 13.8. The third kappa shape index (κ3) is 2.32. The highest BCUT2D eigenvalue weighted by molar-refractivity contribution is 5.82. The summed E-state index contributed by atoms with van der Waals surface area (Å²) in [5.41, 5.74) is 3.67. The monoisotopic (exact) mass is 259 g/mol. The molecule has 0 unspecified atom stereocenters. The van der Waals surface area contributed by atoms with Crippen LogP contribution < -0.4 is 5.32 Å². The number of para-hydroxylation sites is 2. The number of anilines is 1. The summed E-state index contributed by atoms with van der Waals surface area (Å²) < 4.78 is 0. The fraction of sp³-hybridized carbons (Fsp3) is 0.0588. The Morgan fingerprint density at radius 1 is 1.00 bits per heavy atom. The van der Waals surface area contributed by atoms with E-state index in [4.69, 9.17) is 5.26 Å². The summed E-state index contributed by atoms with van der Waals surface area (Å²) in [5, 5.41) is 13.5. The summed E-state index contributed by atoms with van der Waals surface area (Å²) in [7, 11) is 0. The van der Waals surface area contributed by atoms with Gasteiger partial charge in [-0.25, -0.2) is 0 Å². The smallest absolute Gasteiger partial charge is 0.101 e. The number of hydrogen-bond acceptors (Lipinski definition) is 3. The van der Waals surface area contributed by atoms with Gasteiger partial charge in [-0.2, -0.15) is 5.26 Å². The second-order valence-electron chi connectivity index (χ2n) is 4.50. The molecule has 0 aliphatic rings. The second kappa shape index (κ2) is 5.41. The van der Waals surface area contributed by atoms with Gasteiger partial charge in [0.25, 0.3) is 0 Å². The van der Waals surface area contributed by atoms with E-state index in [1.165, 1.54) is 5.56 Å². The Balaban J connectivity index is 1.89. The van der Waals surface area contributed by atoms with Crippen LogP contribution in [0.2, 0.25) is 0 Å². The van der Waals surface area contributed by atoms with Crippen LogP contribution in [0, 0.1) is 11.3 Å². The van der Waals surface area contributed by atoms with E-state index in [-0.39, 0.29) is 0 Å². The van der Waals surface area contributed by atoms with Crippen LogP contribution in [-0.4, -0.2) is 4.98 Å². The minimum atomic E-state index is 0.658. The molecule has 1 N–H and O–H groups in total. The van der Waals surface area contributed by atoms with Gasteiger partial charge < -0.3 is 5.32 Å². The van der Waals surface area contributed by atoms with E-state index < -0.39 is 0 Å². The molecule has 0 spiro atoms. The van der Waals surface area contributed by atoms with E-state index >= 15 is 0 Å². The highest BCUT2D eigenvalue weighted by Gasteiger charge is 2.03. The van der Waals surface area contributed by atoms with Gasteiger partial charge in [0, 0.05) is 18.1 Å². The molecule has 3 heteroatoms. The van der Waals surface area contributed by atoms with Crippen molar-refractivity contribution in [3.63, 3.8) is 0 Å². The molecule has 0 saturated heterocycles. The number of benzene rings is 2. The van der Waals surface area contributed by atoms with Crippen LogP contribution in [0.5, 0.6) is 0 Å². The van der Waals surface area contributed by atoms with Gasteiger partial charge in [-0.15, -0.1) is 0 Å². The SMILES string of the molecule is N#Cc1ccccc1NCc1ccnc2ccccc12. The van der Waals surface area contributed by atoms with E-state index in [1.807, 2.05) is 54.7 Å². The van der Waals surface area contributed by atoms with Crippen molar-refractivity contribution < 1.29 is 0 Å². The first-order valence-electron chi connectivity index (χ1n) is 6.44. The van der Waals surface area contributed by atoms with Gasteiger partial charge in [0.1, 0.15) is 6.07 Å². The lowest BCUT2D eigenvalue weighted by atomic mass is 10.1. The number of nitriles is 1. The molecule has 0 aliphatic heterocycles. The molecular weight excluding hydrogens is 246 g/mol. The molecule has 0 atom stereocenters. The molecule has 3 nitrogen and oxygen atoms in total. The molecule has 0 aliphatic carbocycles. The summed E-state index contributed by atoms with van der Waals surface area (Å²) >= 11 is 0. The van der Waals surface area contributed by atoms with E-state index in [0.717, 1.165) is 16.6 Å². The van der Waals surface area contributed by atoms with E-state index in [0.29, 0.717) is 12.1 Å². The van der Waals surface area contributed by atoms with Crippen LogP contribution in [0.3, 0.4) is 0 Å². The Morgan fingerprint density at radius 3 is 2.70 bits per heavy atom. The van der Waals surface area contributed by atoms with Gasteiger partial charge in [-0.3, -0.25) is 4.98 Å². The Labute approximate surface area is 117 Å². The third-order valence-electron chi connectivity index (χ3n) is 3.26. The molecule has 3 aromatic rings. The van der Waals surface area contributed by atoms with Crippen molar-refractivity contribution in [1.29, 1.82) is 5.26 Å². The maximum atomic E-state index is 9.09. The van der Waals surface area contributed by atoms with Crippen molar-refractivity contribution in [2.75, 3.05) is 5.32 Å². The third-order valence-corrected chi connectivity index (χ3v) is 3.26. The van der Waals surface area contributed by atoms with Crippen molar-refractivity contribution in [2.45, 2.75) is 6.54 Å². The Bertz CT molecular complexity index is 782. The van der Waals surface area contributed by atoms with Crippen LogP contribution in [0.15, 0.2) is 60.8 Å². The fourth-order valence-electron chi connectivity index (χ4n) is 2.23. The minimum absolute atomic E-state index is 0.658. The molecule has 0 saturated carbocycles. The summed E-state index contributed by atoms with van der Waals surface area (Å²) in [4.78, 5) is 4.35. The molecule has 0 radical (unpaired) electrons. The van der Waals surface area contributed by atoms with Crippen LogP contribution in [-0.2, 0) is 6.54 Å². The fourth-order valence-corrected chi connectivity index (χ4v) is 2.23. The number of rotatable bonds is 3. The number of hydrogen-bond donors (Lipinski definition) is 1. The molecular formula is C17H13N3. The normalized spacial score (nSPS) is 10.2. The van der Waals surface area contributed by atoms with Crippen molar-refractivity contribution >= 4 is 16.6 Å². The van der Waals surface area contributed by atoms with E-state index in [1.54, 1.807) is 0 Å². The second-order valence-corrected chi connectivity index (χ2v) is 4.50. The first kappa shape index (κ1) is 12.2. The van der Waals surface area contributed by atoms with Crippen LogP contribution >= 0.6 is 0 Å². The molecule has 0 fully saturated rings. The van der Waals surface area contributed by atoms with Crippen LogP contribution in [0.4, 0.5) is 5.69 Å². The van der Waals surface area contributed by atoms with Crippen molar-refractivity contribution in [1.82, 2.24) is 4.98 Å². The molecule has 96 valence electrons. The number of nitrogens with one attached hydrogen (secondary N) is 1. The van der Waals surface area contributed by atoms with Crippen molar-refractivity contribution in [3.05, 3.63) is 71.9 Å². The molecule has 1 aromatic heterocycles. The molecule has 3 rings (SSSR count). The molecule has 2 aromatic carbocycles. The number of nitrogens with zero attached hydrogens (tertiary/aromatic N) is 2.